The molecule has 4 aromatic rings. The summed E-state index contributed by atoms with van der Waals surface area (Å²) in [5.41, 5.74) is 3.65. The zero-order valence-corrected chi connectivity index (χ0v) is 25.8. The van der Waals surface area contributed by atoms with Gasteiger partial charge >= 0.3 is 0 Å². The third-order valence-electron chi connectivity index (χ3n) is 6.59. The fraction of sp³-hybridized carbons (Fsp3) is 0.286. The van der Waals surface area contributed by atoms with Crippen molar-refractivity contribution in [3.8, 4) is 0 Å². The van der Waals surface area contributed by atoms with E-state index in [4.69, 9.17) is 0 Å². The molecule has 8 heteroatoms. The van der Waals surface area contributed by atoms with Crippen LogP contribution in [0.2, 0.25) is 0 Å². The molecule has 0 aliphatic carbocycles. The summed E-state index contributed by atoms with van der Waals surface area (Å²) < 4.78 is 4.77. The molecule has 0 saturated carbocycles. The van der Waals surface area contributed by atoms with Gasteiger partial charge < -0.3 is 9.67 Å². The minimum atomic E-state index is -0.401. The topological polar surface area (TPSA) is 31.6 Å². The molecule has 192 valence electrons. The zero-order valence-electron chi connectivity index (χ0n) is 19.9. The van der Waals surface area contributed by atoms with Gasteiger partial charge in [0.25, 0.3) is 0 Å². The number of benzene rings is 3. The number of halogens is 4. The standard InChI is InChI=1S/C28H29I2N3O.2ClH/c29-22-8-10-27-25(17-22)26-18-23(30)9-11-28(26)33(27)20-24(34)19-32-15-13-31(14-16-32)12-4-7-21-5-2-1-3-6-21;;/h1-11,17-18,24,34H,12-16,19-20H2;2*1H/b7-4-;;. The van der Waals surface area contributed by atoms with Crippen molar-refractivity contribution in [1.29, 1.82) is 0 Å². The van der Waals surface area contributed by atoms with Crippen molar-refractivity contribution < 1.29 is 5.11 Å². The third kappa shape index (κ3) is 7.15. The van der Waals surface area contributed by atoms with E-state index in [9.17, 15) is 5.11 Å². The van der Waals surface area contributed by atoms with E-state index in [1.807, 2.05) is 6.07 Å². The van der Waals surface area contributed by atoms with Crippen molar-refractivity contribution in [2.45, 2.75) is 12.6 Å². The highest BCUT2D eigenvalue weighted by Crippen LogP contribution is 2.31. The molecule has 1 N–H and O–H groups in total. The smallest absolute Gasteiger partial charge is 0.0845 e. The van der Waals surface area contributed by atoms with Crippen LogP contribution in [0, 0.1) is 7.14 Å². The van der Waals surface area contributed by atoms with Gasteiger partial charge in [0, 0.05) is 68.2 Å². The predicted molar refractivity (Wildman–Crippen MR) is 174 cm³/mol. The first-order valence-corrected chi connectivity index (χ1v) is 13.9. The van der Waals surface area contributed by atoms with E-state index in [-0.39, 0.29) is 24.8 Å². The van der Waals surface area contributed by atoms with Crippen molar-refractivity contribution in [3.63, 3.8) is 0 Å². The van der Waals surface area contributed by atoms with Gasteiger partial charge in [0.05, 0.1) is 12.6 Å². The maximum Gasteiger partial charge on any atom is 0.0845 e. The van der Waals surface area contributed by atoms with Gasteiger partial charge in [-0.3, -0.25) is 9.80 Å². The van der Waals surface area contributed by atoms with Gasteiger partial charge in [-0.05, 0) is 87.1 Å². The Kier molecular flexibility index (Phi) is 11.4. The molecular weight excluding hydrogens is 719 g/mol. The number of hydrogen-bond acceptors (Lipinski definition) is 3. The quantitative estimate of drug-likeness (QED) is 0.218. The number of piperazine rings is 1. The molecule has 0 radical (unpaired) electrons. The lowest BCUT2D eigenvalue weighted by atomic mass is 10.2. The average molecular weight is 750 g/mol. The van der Waals surface area contributed by atoms with E-state index >= 15 is 0 Å². The van der Waals surface area contributed by atoms with Gasteiger partial charge in [-0.1, -0.05) is 42.5 Å². The average Bonchev–Trinajstić information content (AvgIpc) is 3.12. The number of rotatable bonds is 7. The number of aliphatic hydroxyl groups is 1. The van der Waals surface area contributed by atoms with Crippen LogP contribution in [0.3, 0.4) is 0 Å². The maximum atomic E-state index is 11.0. The van der Waals surface area contributed by atoms with Gasteiger partial charge in [-0.2, -0.15) is 0 Å². The van der Waals surface area contributed by atoms with Crippen LogP contribution in [0.5, 0.6) is 0 Å². The molecule has 1 saturated heterocycles. The molecule has 1 aliphatic heterocycles. The van der Waals surface area contributed by atoms with Crippen LogP contribution in [0.1, 0.15) is 5.56 Å². The third-order valence-corrected chi connectivity index (χ3v) is 7.93. The highest BCUT2D eigenvalue weighted by Gasteiger charge is 2.20. The Hall–Kier alpha value is -0.880. The largest absolute Gasteiger partial charge is 0.390 e. The molecule has 1 aromatic heterocycles. The Labute approximate surface area is 252 Å². The minimum Gasteiger partial charge on any atom is -0.390 e. The highest BCUT2D eigenvalue weighted by molar-refractivity contribution is 14.1. The first-order valence-electron chi connectivity index (χ1n) is 11.8. The van der Waals surface area contributed by atoms with Crippen LogP contribution in [-0.2, 0) is 6.54 Å². The molecule has 0 bridgehead atoms. The molecule has 3 aromatic carbocycles. The molecule has 1 unspecified atom stereocenters. The lowest BCUT2D eigenvalue weighted by Crippen LogP contribution is -2.48. The van der Waals surface area contributed by atoms with E-state index in [0.717, 1.165) is 32.7 Å². The minimum absolute atomic E-state index is 0. The first-order chi connectivity index (χ1) is 16.6. The molecular formula is C28H31Cl2I2N3O. The summed E-state index contributed by atoms with van der Waals surface area (Å²) in [6.07, 6.45) is 4.05. The summed E-state index contributed by atoms with van der Waals surface area (Å²) in [5, 5.41) is 13.6. The van der Waals surface area contributed by atoms with Crippen LogP contribution in [0.4, 0.5) is 0 Å². The van der Waals surface area contributed by atoms with Gasteiger partial charge in [-0.25, -0.2) is 0 Å². The van der Waals surface area contributed by atoms with Gasteiger partial charge in [0.2, 0.25) is 0 Å². The van der Waals surface area contributed by atoms with Crippen LogP contribution in [-0.4, -0.2) is 64.8 Å². The Morgan fingerprint density at radius 1 is 0.750 bits per heavy atom. The van der Waals surface area contributed by atoms with Crippen LogP contribution in [0.15, 0.2) is 72.8 Å². The summed E-state index contributed by atoms with van der Waals surface area (Å²) in [5.74, 6) is 0. The van der Waals surface area contributed by atoms with Crippen molar-refractivity contribution in [3.05, 3.63) is 85.5 Å². The van der Waals surface area contributed by atoms with Crippen molar-refractivity contribution >= 4 is 97.9 Å². The Bertz CT molecular complexity index is 1250. The van der Waals surface area contributed by atoms with Gasteiger partial charge in [0.15, 0.2) is 0 Å². The molecule has 1 aliphatic rings. The molecule has 36 heavy (non-hydrogen) atoms. The SMILES string of the molecule is Cl.Cl.OC(CN1CCN(C/C=C\c2ccccc2)CC1)Cn1c2ccc(I)cc2c2cc(I)ccc21. The second kappa shape index (κ2) is 13.8. The number of nitrogens with zero attached hydrogens (tertiary/aromatic N) is 3. The highest BCUT2D eigenvalue weighted by atomic mass is 127. The molecule has 0 spiro atoms. The van der Waals surface area contributed by atoms with Crippen LogP contribution < -0.4 is 0 Å². The van der Waals surface area contributed by atoms with Crippen LogP contribution >= 0.6 is 70.0 Å². The van der Waals surface area contributed by atoms with Crippen LogP contribution in [0.25, 0.3) is 27.9 Å². The zero-order chi connectivity index (χ0) is 23.5. The summed E-state index contributed by atoms with van der Waals surface area (Å²) in [4.78, 5) is 4.89. The summed E-state index contributed by atoms with van der Waals surface area (Å²) >= 11 is 4.76. The Morgan fingerprint density at radius 2 is 1.31 bits per heavy atom. The fourth-order valence-electron chi connectivity index (χ4n) is 4.87. The number of aliphatic hydroxyl groups excluding tert-OH is 1. The molecule has 0 amide bonds. The number of hydrogen-bond donors (Lipinski definition) is 1. The van der Waals surface area contributed by atoms with Crippen molar-refractivity contribution in [2.24, 2.45) is 0 Å². The molecule has 5 rings (SSSR count). The predicted octanol–water partition coefficient (Wildman–Crippen LogP) is 6.54. The lowest BCUT2D eigenvalue weighted by molar-refractivity contribution is 0.0688. The number of fused-ring (bicyclic) bond motifs is 3. The second-order valence-electron chi connectivity index (χ2n) is 9.00. The van der Waals surface area contributed by atoms with E-state index in [1.165, 1.54) is 34.5 Å². The number of β-amino-alcohol motifs (C(OH)–C–C–N with tert-alkyl or cyclic N) is 1. The van der Waals surface area contributed by atoms with Gasteiger partial charge in [0.1, 0.15) is 0 Å². The van der Waals surface area contributed by atoms with E-state index in [1.54, 1.807) is 0 Å². The monoisotopic (exact) mass is 749 g/mol. The van der Waals surface area contributed by atoms with Crippen molar-refractivity contribution in [2.75, 3.05) is 39.3 Å². The molecule has 1 atom stereocenters. The Morgan fingerprint density at radius 3 is 1.89 bits per heavy atom. The molecule has 4 nitrogen and oxygen atoms in total. The summed E-state index contributed by atoms with van der Waals surface area (Å²) in [6, 6.07) is 23.7. The normalized spacial score (nSPS) is 15.8. The van der Waals surface area contributed by atoms with E-state index in [2.05, 4.69) is 132 Å². The van der Waals surface area contributed by atoms with Crippen molar-refractivity contribution in [1.82, 2.24) is 14.4 Å². The lowest BCUT2D eigenvalue weighted by Gasteiger charge is -2.35. The fourth-order valence-corrected chi connectivity index (χ4v) is 5.85. The second-order valence-corrected chi connectivity index (χ2v) is 11.5. The van der Waals surface area contributed by atoms with E-state index in [0.29, 0.717) is 13.1 Å². The van der Waals surface area contributed by atoms with E-state index < -0.39 is 6.10 Å². The maximum absolute atomic E-state index is 11.0. The summed E-state index contributed by atoms with van der Waals surface area (Å²) in [7, 11) is 0. The Balaban J connectivity index is 0.00000180. The number of aromatic nitrogens is 1. The molecule has 2 heterocycles. The molecule has 1 fully saturated rings. The summed E-state index contributed by atoms with van der Waals surface area (Å²) in [6.45, 7) is 6.38. The first kappa shape index (κ1) is 29.7. The van der Waals surface area contributed by atoms with Gasteiger partial charge in [-0.15, -0.1) is 24.8 Å².